The summed E-state index contributed by atoms with van der Waals surface area (Å²) >= 11 is 0. The molecule has 0 aliphatic rings. The second-order valence-electron chi connectivity index (χ2n) is 4.66. The van der Waals surface area contributed by atoms with Crippen molar-refractivity contribution in [2.24, 2.45) is 5.73 Å². The Morgan fingerprint density at radius 2 is 2.00 bits per heavy atom. The molecule has 0 bridgehead atoms. The van der Waals surface area contributed by atoms with E-state index >= 15 is 0 Å². The normalized spacial score (nSPS) is 12.0. The predicted molar refractivity (Wildman–Crippen MR) is 74.4 cm³/mol. The summed E-state index contributed by atoms with van der Waals surface area (Å²) in [7, 11) is 0. The van der Waals surface area contributed by atoms with Gasteiger partial charge in [-0.3, -0.25) is 4.79 Å². The third-order valence-electron chi connectivity index (χ3n) is 3.10. The maximum atomic E-state index is 11.8. The van der Waals surface area contributed by atoms with Crippen LogP contribution in [0.3, 0.4) is 0 Å². The van der Waals surface area contributed by atoms with Crippen LogP contribution in [-0.4, -0.2) is 23.0 Å². The van der Waals surface area contributed by atoms with Crippen molar-refractivity contribution in [3.8, 4) is 0 Å². The lowest BCUT2D eigenvalue weighted by molar-refractivity contribution is -0.117. The Hall–Kier alpha value is -1.88. The van der Waals surface area contributed by atoms with E-state index in [0.29, 0.717) is 17.7 Å². The highest BCUT2D eigenvalue weighted by atomic mass is 16.4. The molecule has 1 rings (SSSR count). The molecule has 0 heterocycles. The summed E-state index contributed by atoms with van der Waals surface area (Å²) in [5.74, 6) is -1.30. The van der Waals surface area contributed by atoms with Crippen LogP contribution in [-0.2, 0) is 4.79 Å². The zero-order valence-corrected chi connectivity index (χ0v) is 11.5. The molecule has 1 amide bonds. The van der Waals surface area contributed by atoms with Crippen LogP contribution < -0.4 is 11.1 Å². The molecule has 19 heavy (non-hydrogen) atoms. The first kappa shape index (κ1) is 15.2. The summed E-state index contributed by atoms with van der Waals surface area (Å²) in [6.07, 6.45) is 1.42. The lowest BCUT2D eigenvalue weighted by Gasteiger charge is -2.13. The fourth-order valence-electron chi connectivity index (χ4n) is 1.83. The summed E-state index contributed by atoms with van der Waals surface area (Å²) in [5.41, 5.74) is 7.89. The van der Waals surface area contributed by atoms with Gasteiger partial charge in [-0.15, -0.1) is 0 Å². The number of benzene rings is 1. The quantitative estimate of drug-likeness (QED) is 0.759. The van der Waals surface area contributed by atoms with Gasteiger partial charge in [-0.1, -0.05) is 13.3 Å². The maximum absolute atomic E-state index is 11.8. The summed E-state index contributed by atoms with van der Waals surface area (Å²) in [6.45, 7) is 5.50. The minimum absolute atomic E-state index is 0.194. The van der Waals surface area contributed by atoms with Crippen LogP contribution in [0.25, 0.3) is 0 Å². The minimum atomic E-state index is -1.01. The van der Waals surface area contributed by atoms with E-state index in [1.807, 2.05) is 13.8 Å². The first-order valence-electron chi connectivity index (χ1n) is 6.27. The van der Waals surface area contributed by atoms with Crippen molar-refractivity contribution in [3.05, 3.63) is 28.8 Å². The van der Waals surface area contributed by atoms with Crippen LogP contribution in [0, 0.1) is 13.8 Å². The van der Waals surface area contributed by atoms with Crippen molar-refractivity contribution < 1.29 is 14.7 Å². The number of amides is 1. The molecule has 0 aliphatic carbocycles. The maximum Gasteiger partial charge on any atom is 0.336 e. The number of anilines is 1. The van der Waals surface area contributed by atoms with Gasteiger partial charge >= 0.3 is 5.97 Å². The van der Waals surface area contributed by atoms with E-state index in [2.05, 4.69) is 5.32 Å². The van der Waals surface area contributed by atoms with Gasteiger partial charge in [0.05, 0.1) is 11.6 Å². The van der Waals surface area contributed by atoms with E-state index in [1.54, 1.807) is 13.0 Å². The lowest BCUT2D eigenvalue weighted by Crippen LogP contribution is -2.35. The Morgan fingerprint density at radius 3 is 2.53 bits per heavy atom. The molecule has 0 radical (unpaired) electrons. The first-order valence-corrected chi connectivity index (χ1v) is 6.27. The lowest BCUT2D eigenvalue weighted by atomic mass is 10.0. The van der Waals surface area contributed by atoms with Crippen LogP contribution >= 0.6 is 0 Å². The van der Waals surface area contributed by atoms with E-state index in [9.17, 15) is 9.59 Å². The van der Waals surface area contributed by atoms with Crippen molar-refractivity contribution in [1.29, 1.82) is 0 Å². The van der Waals surface area contributed by atoms with Crippen LogP contribution in [0.2, 0.25) is 0 Å². The molecule has 1 atom stereocenters. The van der Waals surface area contributed by atoms with E-state index in [1.165, 1.54) is 6.07 Å². The largest absolute Gasteiger partial charge is 0.478 e. The number of hydrogen-bond acceptors (Lipinski definition) is 3. The molecule has 0 spiro atoms. The molecule has 5 heteroatoms. The molecule has 0 saturated carbocycles. The summed E-state index contributed by atoms with van der Waals surface area (Å²) < 4.78 is 0. The van der Waals surface area contributed by atoms with Gasteiger partial charge in [-0.2, -0.15) is 0 Å². The predicted octanol–water partition coefficient (Wildman–Crippen LogP) is 2.07. The van der Waals surface area contributed by atoms with Gasteiger partial charge in [0, 0.05) is 5.69 Å². The van der Waals surface area contributed by atoms with Crippen molar-refractivity contribution in [1.82, 2.24) is 0 Å². The van der Waals surface area contributed by atoms with Crippen LogP contribution in [0.5, 0.6) is 0 Å². The molecule has 5 nitrogen and oxygen atoms in total. The summed E-state index contributed by atoms with van der Waals surface area (Å²) in [5, 5.41) is 11.8. The third kappa shape index (κ3) is 3.79. The molecule has 104 valence electrons. The van der Waals surface area contributed by atoms with E-state index in [-0.39, 0.29) is 11.5 Å². The van der Waals surface area contributed by atoms with Gasteiger partial charge in [0.25, 0.3) is 0 Å². The third-order valence-corrected chi connectivity index (χ3v) is 3.10. The number of aromatic carboxylic acids is 1. The highest BCUT2D eigenvalue weighted by Crippen LogP contribution is 2.20. The van der Waals surface area contributed by atoms with Crippen molar-refractivity contribution in [2.45, 2.75) is 39.7 Å². The minimum Gasteiger partial charge on any atom is -0.478 e. The zero-order chi connectivity index (χ0) is 14.6. The first-order chi connectivity index (χ1) is 8.86. The number of carbonyl (C=O) groups excluding carboxylic acids is 1. The Bertz CT molecular complexity index is 498. The number of carboxylic acids is 1. The SMILES string of the molecule is CCC[C@@H](N)C(=O)Nc1cc(C)c(C)c(C(=O)O)c1. The topological polar surface area (TPSA) is 92.4 Å². The average Bonchev–Trinajstić information content (AvgIpc) is 2.33. The van der Waals surface area contributed by atoms with Gasteiger partial charge in [0.2, 0.25) is 5.91 Å². The number of rotatable bonds is 5. The van der Waals surface area contributed by atoms with Gasteiger partial charge in [0.15, 0.2) is 0 Å². The smallest absolute Gasteiger partial charge is 0.336 e. The molecule has 0 aromatic heterocycles. The van der Waals surface area contributed by atoms with Gasteiger partial charge in [0.1, 0.15) is 0 Å². The van der Waals surface area contributed by atoms with Gasteiger partial charge in [-0.05, 0) is 43.5 Å². The molecule has 1 aromatic rings. The zero-order valence-electron chi connectivity index (χ0n) is 11.5. The van der Waals surface area contributed by atoms with E-state index in [0.717, 1.165) is 12.0 Å². The monoisotopic (exact) mass is 264 g/mol. The van der Waals surface area contributed by atoms with Crippen molar-refractivity contribution in [2.75, 3.05) is 5.32 Å². The molecule has 0 saturated heterocycles. The number of nitrogens with one attached hydrogen (secondary N) is 1. The molecular formula is C14H20N2O3. The number of aryl methyl sites for hydroxylation is 1. The van der Waals surface area contributed by atoms with Crippen LogP contribution in [0.1, 0.15) is 41.3 Å². The Labute approximate surface area is 112 Å². The Balaban J connectivity index is 2.97. The Kier molecular flexibility index (Phi) is 5.06. The van der Waals surface area contributed by atoms with Crippen LogP contribution in [0.15, 0.2) is 12.1 Å². The van der Waals surface area contributed by atoms with Gasteiger partial charge < -0.3 is 16.2 Å². The molecule has 0 aliphatic heterocycles. The molecular weight excluding hydrogens is 244 g/mol. The highest BCUT2D eigenvalue weighted by molar-refractivity contribution is 5.97. The second-order valence-corrected chi connectivity index (χ2v) is 4.66. The fourth-order valence-corrected chi connectivity index (χ4v) is 1.83. The molecule has 0 fully saturated rings. The van der Waals surface area contributed by atoms with Crippen molar-refractivity contribution >= 4 is 17.6 Å². The molecule has 4 N–H and O–H groups in total. The number of carbonyl (C=O) groups is 2. The standard InChI is InChI=1S/C14H20N2O3/c1-4-5-12(15)13(17)16-10-6-8(2)9(3)11(7-10)14(18)19/h6-7,12H,4-5,15H2,1-3H3,(H,16,17)(H,18,19)/t12-/m1/s1. The summed E-state index contributed by atoms with van der Waals surface area (Å²) in [6, 6.07) is 2.64. The number of carboxylic acid groups (broad SMARTS) is 1. The number of nitrogens with two attached hydrogens (primary N) is 1. The van der Waals surface area contributed by atoms with Crippen LogP contribution in [0.4, 0.5) is 5.69 Å². The highest BCUT2D eigenvalue weighted by Gasteiger charge is 2.15. The summed E-state index contributed by atoms with van der Waals surface area (Å²) in [4.78, 5) is 22.9. The van der Waals surface area contributed by atoms with E-state index < -0.39 is 12.0 Å². The molecule has 0 unspecified atom stereocenters. The average molecular weight is 264 g/mol. The molecule has 1 aromatic carbocycles. The van der Waals surface area contributed by atoms with Crippen molar-refractivity contribution in [3.63, 3.8) is 0 Å². The fraction of sp³-hybridized carbons (Fsp3) is 0.429. The second kappa shape index (κ2) is 6.33. The van der Waals surface area contributed by atoms with E-state index in [4.69, 9.17) is 10.8 Å². The number of hydrogen-bond donors (Lipinski definition) is 3. The Morgan fingerprint density at radius 1 is 1.37 bits per heavy atom. The van der Waals surface area contributed by atoms with Gasteiger partial charge in [-0.25, -0.2) is 4.79 Å².